The summed E-state index contributed by atoms with van der Waals surface area (Å²) in [6.07, 6.45) is 0. The van der Waals surface area contributed by atoms with Crippen molar-refractivity contribution in [2.24, 2.45) is 0 Å². The van der Waals surface area contributed by atoms with Crippen LogP contribution in [0.4, 0.5) is 15.2 Å². The Morgan fingerprint density at radius 1 is 1.39 bits per heavy atom. The number of methoxy groups -OCH3 is 1. The van der Waals surface area contributed by atoms with Crippen LogP contribution in [0.3, 0.4) is 0 Å². The number of hydrogen-bond acceptors (Lipinski definition) is 7. The van der Waals surface area contributed by atoms with Crippen LogP contribution in [0, 0.1) is 5.82 Å². The van der Waals surface area contributed by atoms with Crippen molar-refractivity contribution in [3.63, 3.8) is 0 Å². The molecule has 0 aliphatic carbocycles. The van der Waals surface area contributed by atoms with Crippen LogP contribution in [0.15, 0.2) is 28.6 Å². The number of halogens is 1. The number of nitrogens with one attached hydrogen (secondary N) is 2. The number of ether oxygens (including phenoxy) is 1. The van der Waals surface area contributed by atoms with Crippen LogP contribution in [0.1, 0.15) is 6.92 Å². The van der Waals surface area contributed by atoms with Crippen LogP contribution in [0.25, 0.3) is 0 Å². The Hall–Kier alpha value is -1.71. The van der Waals surface area contributed by atoms with Crippen LogP contribution in [-0.4, -0.2) is 41.6 Å². The first kappa shape index (κ1) is 17.6. The van der Waals surface area contributed by atoms with Crippen LogP contribution >= 0.6 is 23.1 Å². The number of rotatable bonds is 8. The van der Waals surface area contributed by atoms with E-state index < -0.39 is 0 Å². The molecule has 23 heavy (non-hydrogen) atoms. The number of aromatic nitrogens is 2. The summed E-state index contributed by atoms with van der Waals surface area (Å²) in [4.78, 5) is 12.1. The second-order valence-electron chi connectivity index (χ2n) is 4.55. The zero-order chi connectivity index (χ0) is 16.7. The fraction of sp³-hybridized carbons (Fsp3) is 0.357. The van der Waals surface area contributed by atoms with Gasteiger partial charge in [-0.3, -0.25) is 4.79 Å². The predicted molar refractivity (Wildman–Crippen MR) is 90.6 cm³/mol. The van der Waals surface area contributed by atoms with E-state index in [1.807, 2.05) is 0 Å². The van der Waals surface area contributed by atoms with Gasteiger partial charge < -0.3 is 15.4 Å². The van der Waals surface area contributed by atoms with E-state index in [1.165, 1.54) is 47.4 Å². The zero-order valence-corrected chi connectivity index (χ0v) is 14.3. The molecule has 0 radical (unpaired) electrons. The molecular formula is C14H17FN4O2S2. The van der Waals surface area contributed by atoms with E-state index in [0.29, 0.717) is 28.3 Å². The van der Waals surface area contributed by atoms with Crippen molar-refractivity contribution in [2.45, 2.75) is 16.5 Å². The minimum absolute atomic E-state index is 0.175. The molecule has 0 bridgehead atoms. The number of amides is 1. The van der Waals surface area contributed by atoms with Gasteiger partial charge in [0.15, 0.2) is 4.34 Å². The largest absolute Gasteiger partial charge is 0.383 e. The SMILES string of the molecule is COCCNc1nnc(SC(C)C(=O)Nc2ccc(F)cc2)s1. The molecule has 2 rings (SSSR count). The first-order valence-corrected chi connectivity index (χ1v) is 8.57. The third kappa shape index (κ3) is 5.77. The lowest BCUT2D eigenvalue weighted by molar-refractivity contribution is -0.115. The van der Waals surface area contributed by atoms with Gasteiger partial charge in [-0.25, -0.2) is 4.39 Å². The maximum Gasteiger partial charge on any atom is 0.237 e. The minimum Gasteiger partial charge on any atom is -0.383 e. The lowest BCUT2D eigenvalue weighted by Gasteiger charge is -2.10. The van der Waals surface area contributed by atoms with E-state index in [2.05, 4.69) is 20.8 Å². The summed E-state index contributed by atoms with van der Waals surface area (Å²) < 4.78 is 18.5. The average molecular weight is 356 g/mol. The molecule has 0 aliphatic rings. The number of carbonyl (C=O) groups is 1. The molecule has 1 unspecified atom stereocenters. The van der Waals surface area contributed by atoms with Gasteiger partial charge in [0.05, 0.1) is 11.9 Å². The lowest BCUT2D eigenvalue weighted by atomic mass is 10.3. The van der Waals surface area contributed by atoms with Crippen molar-refractivity contribution in [1.82, 2.24) is 10.2 Å². The molecule has 1 aromatic heterocycles. The highest BCUT2D eigenvalue weighted by molar-refractivity contribution is 8.02. The first-order chi connectivity index (χ1) is 11.1. The third-order valence-corrected chi connectivity index (χ3v) is 4.81. The molecule has 1 amide bonds. The Labute approximate surface area is 141 Å². The molecule has 2 N–H and O–H groups in total. The van der Waals surface area contributed by atoms with Crippen molar-refractivity contribution in [1.29, 1.82) is 0 Å². The second kappa shape index (κ2) is 8.80. The summed E-state index contributed by atoms with van der Waals surface area (Å²) >= 11 is 2.70. The van der Waals surface area contributed by atoms with E-state index in [9.17, 15) is 9.18 Å². The van der Waals surface area contributed by atoms with Gasteiger partial charge in [-0.1, -0.05) is 23.1 Å². The van der Waals surface area contributed by atoms with E-state index in [0.717, 1.165) is 0 Å². The quantitative estimate of drug-likeness (QED) is 0.559. The van der Waals surface area contributed by atoms with Crippen LogP contribution in [-0.2, 0) is 9.53 Å². The van der Waals surface area contributed by atoms with Crippen molar-refractivity contribution >= 4 is 39.8 Å². The van der Waals surface area contributed by atoms with Crippen LogP contribution in [0.5, 0.6) is 0 Å². The van der Waals surface area contributed by atoms with Gasteiger partial charge in [0.2, 0.25) is 11.0 Å². The molecule has 2 aromatic rings. The van der Waals surface area contributed by atoms with Gasteiger partial charge in [-0.2, -0.15) is 0 Å². The summed E-state index contributed by atoms with van der Waals surface area (Å²) in [5.74, 6) is -0.515. The monoisotopic (exact) mass is 356 g/mol. The smallest absolute Gasteiger partial charge is 0.237 e. The van der Waals surface area contributed by atoms with Gasteiger partial charge in [0.25, 0.3) is 0 Å². The lowest BCUT2D eigenvalue weighted by Crippen LogP contribution is -2.22. The summed E-state index contributed by atoms with van der Waals surface area (Å²) in [5, 5.41) is 14.2. The fourth-order valence-electron chi connectivity index (χ4n) is 1.57. The molecule has 1 atom stereocenters. The topological polar surface area (TPSA) is 76.1 Å². The van der Waals surface area contributed by atoms with Gasteiger partial charge >= 0.3 is 0 Å². The molecule has 0 saturated carbocycles. The molecule has 124 valence electrons. The second-order valence-corrected chi connectivity index (χ2v) is 7.11. The molecule has 0 aliphatic heterocycles. The summed E-state index contributed by atoms with van der Waals surface area (Å²) in [6.45, 7) is 3.01. The number of carbonyl (C=O) groups excluding carboxylic acids is 1. The van der Waals surface area contributed by atoms with Crippen LogP contribution in [0.2, 0.25) is 0 Å². The fourth-order valence-corrected chi connectivity index (χ4v) is 3.49. The highest BCUT2D eigenvalue weighted by atomic mass is 32.2. The maximum absolute atomic E-state index is 12.8. The van der Waals surface area contributed by atoms with Crippen molar-refractivity contribution < 1.29 is 13.9 Å². The van der Waals surface area contributed by atoms with Crippen molar-refractivity contribution in [2.75, 3.05) is 30.9 Å². The Balaban J connectivity index is 1.84. The molecule has 0 saturated heterocycles. The van der Waals surface area contributed by atoms with E-state index in [4.69, 9.17) is 4.74 Å². The van der Waals surface area contributed by atoms with Crippen molar-refractivity contribution in [3.8, 4) is 0 Å². The van der Waals surface area contributed by atoms with Gasteiger partial charge in [-0.15, -0.1) is 10.2 Å². The molecular weight excluding hydrogens is 339 g/mol. The van der Waals surface area contributed by atoms with Crippen molar-refractivity contribution in [3.05, 3.63) is 30.1 Å². The van der Waals surface area contributed by atoms with E-state index in [1.54, 1.807) is 14.0 Å². The maximum atomic E-state index is 12.8. The van der Waals surface area contributed by atoms with Gasteiger partial charge in [0.1, 0.15) is 5.82 Å². The third-order valence-electron chi connectivity index (χ3n) is 2.75. The number of nitrogens with zero attached hydrogens (tertiary/aromatic N) is 2. The summed E-state index contributed by atoms with van der Waals surface area (Å²) in [6, 6.07) is 5.65. The first-order valence-electron chi connectivity index (χ1n) is 6.88. The molecule has 1 heterocycles. The predicted octanol–water partition coefficient (Wildman–Crippen LogP) is 2.85. The molecule has 6 nitrogen and oxygen atoms in total. The summed E-state index contributed by atoms with van der Waals surface area (Å²) in [5.41, 5.74) is 0.558. The molecule has 9 heteroatoms. The highest BCUT2D eigenvalue weighted by Gasteiger charge is 2.17. The molecule has 1 aromatic carbocycles. The number of hydrogen-bond donors (Lipinski definition) is 2. The standard InChI is InChI=1S/C14H17FN4O2S2/c1-9(12(20)17-11-5-3-10(15)4-6-11)22-14-19-18-13(23-14)16-7-8-21-2/h3-6,9H,7-8H2,1-2H3,(H,16,18)(H,17,20). The van der Waals surface area contributed by atoms with Gasteiger partial charge in [-0.05, 0) is 31.2 Å². The molecule has 0 fully saturated rings. The Morgan fingerprint density at radius 2 is 2.13 bits per heavy atom. The highest BCUT2D eigenvalue weighted by Crippen LogP contribution is 2.29. The average Bonchev–Trinajstić information content (AvgIpc) is 2.97. The minimum atomic E-state index is -0.347. The number of anilines is 2. The van der Waals surface area contributed by atoms with E-state index >= 15 is 0 Å². The Morgan fingerprint density at radius 3 is 2.83 bits per heavy atom. The van der Waals surface area contributed by atoms with Crippen LogP contribution < -0.4 is 10.6 Å². The summed E-state index contributed by atoms with van der Waals surface area (Å²) in [7, 11) is 1.63. The number of thioether (sulfide) groups is 1. The Bertz CT molecular complexity index is 636. The van der Waals surface area contributed by atoms with Gasteiger partial charge in [0, 0.05) is 19.3 Å². The zero-order valence-electron chi connectivity index (χ0n) is 12.7. The molecule has 0 spiro atoms. The normalized spacial score (nSPS) is 12.0. The van der Waals surface area contributed by atoms with E-state index in [-0.39, 0.29) is 17.0 Å². The number of benzene rings is 1. The Kier molecular flexibility index (Phi) is 6.75.